The molecule has 0 bridgehead atoms. The zero-order valence-electron chi connectivity index (χ0n) is 10.8. The number of sulfonamides is 1. The van der Waals surface area contributed by atoms with Crippen LogP contribution >= 0.6 is 11.3 Å². The maximum atomic E-state index is 12.1. The Bertz CT molecular complexity index is 535. The summed E-state index contributed by atoms with van der Waals surface area (Å²) >= 11 is 1.05. The van der Waals surface area contributed by atoms with Gasteiger partial charge in [0.25, 0.3) is 0 Å². The van der Waals surface area contributed by atoms with E-state index < -0.39 is 16.0 Å². The van der Waals surface area contributed by atoms with Crippen molar-refractivity contribution in [2.45, 2.75) is 24.7 Å². The van der Waals surface area contributed by atoms with Gasteiger partial charge in [-0.3, -0.25) is 0 Å². The second kappa shape index (κ2) is 6.99. The molecule has 0 radical (unpaired) electrons. The lowest BCUT2D eigenvalue weighted by Crippen LogP contribution is -2.26. The fraction of sp³-hybridized carbons (Fsp3) is 0.545. The Morgan fingerprint density at radius 1 is 1.47 bits per heavy atom. The van der Waals surface area contributed by atoms with Crippen LogP contribution in [0.1, 0.15) is 28.1 Å². The first-order valence-corrected chi connectivity index (χ1v) is 8.07. The van der Waals surface area contributed by atoms with Gasteiger partial charge < -0.3 is 9.84 Å². The fourth-order valence-corrected chi connectivity index (χ4v) is 4.29. The smallest absolute Gasteiger partial charge is 0.349 e. The van der Waals surface area contributed by atoms with Gasteiger partial charge in [-0.1, -0.05) is 0 Å². The highest BCUT2D eigenvalue weighted by Gasteiger charge is 2.26. The molecule has 0 saturated heterocycles. The van der Waals surface area contributed by atoms with Crippen LogP contribution in [-0.2, 0) is 14.8 Å². The summed E-state index contributed by atoms with van der Waals surface area (Å²) < 4.78 is 31.3. The molecule has 0 atom stereocenters. The molecule has 0 unspecified atom stereocenters. The minimum Gasteiger partial charge on any atom is -0.465 e. The van der Waals surface area contributed by atoms with Crippen LogP contribution in [-0.4, -0.2) is 39.8 Å². The van der Waals surface area contributed by atoms with E-state index in [1.165, 1.54) is 7.11 Å². The fourth-order valence-electron chi connectivity index (χ4n) is 1.52. The molecular formula is C11H17NO5S2. The third-order valence-corrected chi connectivity index (χ3v) is 5.29. The normalized spacial score (nSPS) is 11.5. The van der Waals surface area contributed by atoms with E-state index in [-0.39, 0.29) is 22.9 Å². The number of aliphatic hydroxyl groups excluding tert-OH is 1. The number of carbonyl (C=O) groups excluding carboxylic acids is 1. The molecule has 0 spiro atoms. The molecule has 0 aliphatic heterocycles. The van der Waals surface area contributed by atoms with Crippen molar-refractivity contribution in [2.24, 2.45) is 0 Å². The Labute approximate surface area is 116 Å². The first kappa shape index (κ1) is 16.1. The summed E-state index contributed by atoms with van der Waals surface area (Å²) in [5.41, 5.74) is 0.514. The molecule has 0 saturated carbocycles. The number of aliphatic hydroxyl groups is 1. The lowest BCUT2D eigenvalue weighted by Gasteiger charge is -2.08. The summed E-state index contributed by atoms with van der Waals surface area (Å²) in [7, 11) is -2.53. The van der Waals surface area contributed by atoms with E-state index in [0.717, 1.165) is 11.3 Å². The van der Waals surface area contributed by atoms with Gasteiger partial charge in [0.1, 0.15) is 9.77 Å². The lowest BCUT2D eigenvalue weighted by atomic mass is 10.3. The molecule has 0 fully saturated rings. The Morgan fingerprint density at radius 2 is 2.16 bits per heavy atom. The lowest BCUT2D eigenvalue weighted by molar-refractivity contribution is 0.0602. The minimum atomic E-state index is -3.74. The number of ether oxygens (including phenoxy) is 1. The van der Waals surface area contributed by atoms with Crippen molar-refractivity contribution in [3.8, 4) is 0 Å². The Kier molecular flexibility index (Phi) is 5.92. The Hall–Kier alpha value is -0.960. The topological polar surface area (TPSA) is 92.7 Å². The molecule has 1 heterocycles. The first-order valence-electron chi connectivity index (χ1n) is 5.71. The zero-order valence-corrected chi connectivity index (χ0v) is 12.4. The largest absolute Gasteiger partial charge is 0.465 e. The molecule has 1 aromatic rings. The highest BCUT2D eigenvalue weighted by Crippen LogP contribution is 2.27. The van der Waals surface area contributed by atoms with E-state index in [9.17, 15) is 13.2 Å². The number of carbonyl (C=O) groups is 1. The monoisotopic (exact) mass is 307 g/mol. The SMILES string of the molecule is COC(=O)c1scc(C)c1S(=O)(=O)NCCCCO. The molecule has 108 valence electrons. The van der Waals surface area contributed by atoms with E-state index in [1.807, 2.05) is 0 Å². The summed E-state index contributed by atoms with van der Waals surface area (Å²) in [6.45, 7) is 1.87. The molecule has 0 aliphatic rings. The second-order valence-corrected chi connectivity index (χ2v) is 6.48. The van der Waals surface area contributed by atoms with Crippen molar-refractivity contribution in [1.29, 1.82) is 0 Å². The van der Waals surface area contributed by atoms with E-state index >= 15 is 0 Å². The second-order valence-electron chi connectivity index (χ2n) is 3.90. The number of unbranched alkanes of at least 4 members (excludes halogenated alkanes) is 1. The van der Waals surface area contributed by atoms with Crippen LogP contribution in [0.5, 0.6) is 0 Å². The molecule has 19 heavy (non-hydrogen) atoms. The summed E-state index contributed by atoms with van der Waals surface area (Å²) in [4.78, 5) is 11.6. The molecule has 0 aliphatic carbocycles. The third-order valence-electron chi connectivity index (χ3n) is 2.43. The standard InChI is InChI=1S/C11H17NO5S2/c1-8-7-18-9(11(14)17-2)10(8)19(15,16)12-5-3-4-6-13/h7,12-13H,3-6H2,1-2H3. The number of methoxy groups -OCH3 is 1. The molecule has 6 nitrogen and oxygen atoms in total. The average molecular weight is 307 g/mol. The average Bonchev–Trinajstić information content (AvgIpc) is 2.76. The van der Waals surface area contributed by atoms with Crippen LogP contribution in [0.3, 0.4) is 0 Å². The van der Waals surface area contributed by atoms with Gasteiger partial charge in [-0.15, -0.1) is 11.3 Å². The molecular weight excluding hydrogens is 290 g/mol. The minimum absolute atomic E-state index is 0.0200. The van der Waals surface area contributed by atoms with Gasteiger partial charge in [-0.05, 0) is 30.7 Å². The summed E-state index contributed by atoms with van der Waals surface area (Å²) in [6.07, 6.45) is 1.06. The van der Waals surface area contributed by atoms with Crippen molar-refractivity contribution < 1.29 is 23.1 Å². The highest BCUT2D eigenvalue weighted by molar-refractivity contribution is 7.89. The van der Waals surface area contributed by atoms with Gasteiger partial charge in [0.15, 0.2) is 0 Å². The van der Waals surface area contributed by atoms with Crippen LogP contribution in [0.4, 0.5) is 0 Å². The highest BCUT2D eigenvalue weighted by atomic mass is 32.2. The van der Waals surface area contributed by atoms with E-state index in [4.69, 9.17) is 5.11 Å². The van der Waals surface area contributed by atoms with Crippen molar-refractivity contribution in [1.82, 2.24) is 4.72 Å². The van der Waals surface area contributed by atoms with Crippen molar-refractivity contribution in [3.05, 3.63) is 15.8 Å². The number of thiophene rings is 1. The van der Waals surface area contributed by atoms with Crippen LogP contribution in [0.25, 0.3) is 0 Å². The van der Waals surface area contributed by atoms with Gasteiger partial charge in [0, 0.05) is 13.2 Å². The number of esters is 1. The molecule has 0 amide bonds. The van der Waals surface area contributed by atoms with E-state index in [2.05, 4.69) is 9.46 Å². The number of nitrogens with one attached hydrogen (secondary N) is 1. The van der Waals surface area contributed by atoms with Crippen molar-refractivity contribution >= 4 is 27.3 Å². The van der Waals surface area contributed by atoms with Gasteiger partial charge in [0.05, 0.1) is 7.11 Å². The van der Waals surface area contributed by atoms with Gasteiger partial charge in [-0.25, -0.2) is 17.9 Å². The van der Waals surface area contributed by atoms with Gasteiger partial charge in [0.2, 0.25) is 10.0 Å². The summed E-state index contributed by atoms with van der Waals surface area (Å²) in [5, 5.41) is 10.2. The third kappa shape index (κ3) is 4.00. The van der Waals surface area contributed by atoms with Crippen LogP contribution in [0.2, 0.25) is 0 Å². The molecule has 2 N–H and O–H groups in total. The molecule has 1 aromatic heterocycles. The van der Waals surface area contributed by atoms with Crippen LogP contribution in [0.15, 0.2) is 10.3 Å². The number of rotatable bonds is 7. The van der Waals surface area contributed by atoms with Crippen LogP contribution in [0, 0.1) is 6.92 Å². The predicted molar refractivity (Wildman–Crippen MR) is 71.9 cm³/mol. The molecule has 8 heteroatoms. The van der Waals surface area contributed by atoms with Crippen molar-refractivity contribution in [3.63, 3.8) is 0 Å². The van der Waals surface area contributed by atoms with Gasteiger partial charge >= 0.3 is 5.97 Å². The number of hydrogen-bond acceptors (Lipinski definition) is 6. The van der Waals surface area contributed by atoms with Crippen molar-refractivity contribution in [2.75, 3.05) is 20.3 Å². The maximum absolute atomic E-state index is 12.1. The first-order chi connectivity index (χ1) is 8.94. The maximum Gasteiger partial charge on any atom is 0.349 e. The Morgan fingerprint density at radius 3 is 2.74 bits per heavy atom. The summed E-state index contributed by atoms with van der Waals surface area (Å²) in [5.74, 6) is -0.658. The molecule has 0 aromatic carbocycles. The number of hydrogen-bond donors (Lipinski definition) is 2. The molecule has 1 rings (SSSR count). The quantitative estimate of drug-likeness (QED) is 0.576. The van der Waals surface area contributed by atoms with E-state index in [1.54, 1.807) is 12.3 Å². The predicted octanol–water partition coefficient (Wildman–Crippen LogP) is 0.894. The van der Waals surface area contributed by atoms with Gasteiger partial charge in [-0.2, -0.15) is 0 Å². The Balaban J connectivity index is 2.94. The number of aryl methyl sites for hydroxylation is 1. The van der Waals surface area contributed by atoms with Crippen LogP contribution < -0.4 is 4.72 Å². The zero-order chi connectivity index (χ0) is 14.5. The van der Waals surface area contributed by atoms with E-state index in [0.29, 0.717) is 18.4 Å². The summed E-state index contributed by atoms with van der Waals surface area (Å²) in [6, 6.07) is 0.